The standard InChI is InChI=1S/C24H20F3NO3S/c25-18-5-1-16(2-6-18)24(17-3-7-19(26)8-4-17)23-15-21(29)13-14-28(23)32(30,31)22-11-9-20(27)10-12-22/h1-12,23-24H,13-15H2. The van der Waals surface area contributed by atoms with Crippen molar-refractivity contribution in [2.45, 2.75) is 29.7 Å². The molecule has 1 unspecified atom stereocenters. The first-order valence-corrected chi connectivity index (χ1v) is 11.5. The number of halogens is 3. The van der Waals surface area contributed by atoms with Crippen molar-refractivity contribution >= 4 is 15.8 Å². The summed E-state index contributed by atoms with van der Waals surface area (Å²) in [5.41, 5.74) is 1.19. The van der Waals surface area contributed by atoms with Gasteiger partial charge in [-0.25, -0.2) is 21.6 Å². The molecule has 1 fully saturated rings. The quantitative estimate of drug-likeness (QED) is 0.558. The highest BCUT2D eigenvalue weighted by molar-refractivity contribution is 7.89. The SMILES string of the molecule is O=C1CCN(S(=O)(=O)c2ccc(F)cc2)C(C(c2ccc(F)cc2)c2ccc(F)cc2)C1. The summed E-state index contributed by atoms with van der Waals surface area (Å²) >= 11 is 0. The van der Waals surface area contributed by atoms with Gasteiger partial charge >= 0.3 is 0 Å². The number of hydrogen-bond acceptors (Lipinski definition) is 3. The summed E-state index contributed by atoms with van der Waals surface area (Å²) in [4.78, 5) is 12.3. The lowest BCUT2D eigenvalue weighted by Crippen LogP contribution is -2.49. The highest BCUT2D eigenvalue weighted by atomic mass is 32.2. The summed E-state index contributed by atoms with van der Waals surface area (Å²) in [7, 11) is -4.06. The minimum absolute atomic E-state index is 0.0396. The van der Waals surface area contributed by atoms with Gasteiger partial charge in [-0.2, -0.15) is 4.31 Å². The van der Waals surface area contributed by atoms with Gasteiger partial charge in [-0.15, -0.1) is 0 Å². The molecule has 0 aliphatic carbocycles. The zero-order valence-electron chi connectivity index (χ0n) is 16.9. The number of piperidine rings is 1. The van der Waals surface area contributed by atoms with Gasteiger partial charge in [0.25, 0.3) is 0 Å². The average molecular weight is 459 g/mol. The van der Waals surface area contributed by atoms with E-state index in [4.69, 9.17) is 0 Å². The number of hydrogen-bond donors (Lipinski definition) is 0. The number of benzene rings is 3. The molecule has 3 aromatic rings. The summed E-state index contributed by atoms with van der Waals surface area (Å²) in [6.07, 6.45) is -0.00365. The van der Waals surface area contributed by atoms with Gasteiger partial charge < -0.3 is 0 Å². The Morgan fingerprint density at radius 3 is 1.66 bits per heavy atom. The maximum atomic E-state index is 13.6. The molecular formula is C24H20F3NO3S. The minimum atomic E-state index is -4.06. The van der Waals surface area contributed by atoms with Gasteiger partial charge in [-0.3, -0.25) is 4.79 Å². The van der Waals surface area contributed by atoms with Gasteiger partial charge in [-0.05, 0) is 59.7 Å². The molecule has 4 rings (SSSR count). The van der Waals surface area contributed by atoms with Crippen molar-refractivity contribution in [2.75, 3.05) is 6.54 Å². The molecule has 8 heteroatoms. The summed E-state index contributed by atoms with van der Waals surface area (Å²) in [6.45, 7) is -0.0396. The Morgan fingerprint density at radius 2 is 1.19 bits per heavy atom. The van der Waals surface area contributed by atoms with Gasteiger partial charge in [0.2, 0.25) is 10.0 Å². The van der Waals surface area contributed by atoms with Crippen molar-refractivity contribution < 1.29 is 26.4 Å². The number of ketones is 1. The van der Waals surface area contributed by atoms with Crippen LogP contribution in [-0.4, -0.2) is 31.1 Å². The molecule has 1 atom stereocenters. The van der Waals surface area contributed by atoms with Crippen LogP contribution in [0.15, 0.2) is 77.7 Å². The molecule has 0 radical (unpaired) electrons. The Balaban J connectivity index is 1.84. The maximum Gasteiger partial charge on any atom is 0.243 e. The van der Waals surface area contributed by atoms with E-state index >= 15 is 0 Å². The van der Waals surface area contributed by atoms with Crippen molar-refractivity contribution in [3.8, 4) is 0 Å². The Labute approximate surface area is 184 Å². The molecule has 3 aromatic carbocycles. The molecule has 0 aromatic heterocycles. The van der Waals surface area contributed by atoms with E-state index in [0.29, 0.717) is 11.1 Å². The van der Waals surface area contributed by atoms with Crippen LogP contribution in [0.5, 0.6) is 0 Å². The predicted octanol–water partition coefficient (Wildman–Crippen LogP) is 4.66. The molecule has 0 saturated carbocycles. The van der Waals surface area contributed by atoms with Crippen LogP contribution in [0.1, 0.15) is 29.9 Å². The van der Waals surface area contributed by atoms with Crippen LogP contribution in [-0.2, 0) is 14.8 Å². The molecule has 4 nitrogen and oxygen atoms in total. The molecular weight excluding hydrogens is 439 g/mol. The highest BCUT2D eigenvalue weighted by Gasteiger charge is 2.41. The first kappa shape index (κ1) is 22.2. The highest BCUT2D eigenvalue weighted by Crippen LogP contribution is 2.38. The van der Waals surface area contributed by atoms with E-state index in [1.54, 1.807) is 0 Å². The zero-order chi connectivity index (χ0) is 22.9. The second kappa shape index (κ2) is 8.88. The topological polar surface area (TPSA) is 54.5 Å². The normalized spacial score (nSPS) is 17.6. The summed E-state index contributed by atoms with van der Waals surface area (Å²) in [5.74, 6) is -2.22. The van der Waals surface area contributed by atoms with E-state index in [1.165, 1.54) is 65.0 Å². The smallest absolute Gasteiger partial charge is 0.243 e. The molecule has 0 bridgehead atoms. The second-order valence-corrected chi connectivity index (χ2v) is 9.60. The molecule has 1 aliphatic rings. The fourth-order valence-corrected chi connectivity index (χ4v) is 5.77. The van der Waals surface area contributed by atoms with E-state index in [1.807, 2.05) is 0 Å². The van der Waals surface area contributed by atoms with Crippen LogP contribution in [0.3, 0.4) is 0 Å². The lowest BCUT2D eigenvalue weighted by Gasteiger charge is -2.39. The Hall–Kier alpha value is -2.97. The fourth-order valence-electron chi connectivity index (χ4n) is 4.14. The zero-order valence-corrected chi connectivity index (χ0v) is 17.7. The summed E-state index contributed by atoms with van der Waals surface area (Å²) in [6, 6.07) is 14.8. The maximum absolute atomic E-state index is 13.6. The lowest BCUT2D eigenvalue weighted by atomic mass is 9.81. The Kier molecular flexibility index (Phi) is 6.17. The number of sulfonamides is 1. The number of rotatable bonds is 5. The summed E-state index contributed by atoms with van der Waals surface area (Å²) < 4.78 is 68.7. The fraction of sp³-hybridized carbons (Fsp3) is 0.208. The van der Waals surface area contributed by atoms with Crippen molar-refractivity contribution in [3.05, 3.63) is 101 Å². The van der Waals surface area contributed by atoms with Gasteiger partial charge in [0.1, 0.15) is 23.2 Å². The molecule has 0 spiro atoms. The average Bonchev–Trinajstić information content (AvgIpc) is 2.77. The van der Waals surface area contributed by atoms with E-state index in [0.717, 1.165) is 12.1 Å². The van der Waals surface area contributed by atoms with E-state index in [9.17, 15) is 26.4 Å². The first-order chi connectivity index (χ1) is 15.3. The number of carbonyl (C=O) groups is 1. The third kappa shape index (κ3) is 4.47. The molecule has 0 amide bonds. The first-order valence-electron chi connectivity index (χ1n) is 10.1. The molecule has 1 heterocycles. The Morgan fingerprint density at radius 1 is 0.750 bits per heavy atom. The third-order valence-electron chi connectivity index (χ3n) is 5.68. The van der Waals surface area contributed by atoms with Crippen molar-refractivity contribution in [3.63, 3.8) is 0 Å². The number of carbonyl (C=O) groups excluding carboxylic acids is 1. The van der Waals surface area contributed by atoms with Crippen LogP contribution in [0.2, 0.25) is 0 Å². The monoisotopic (exact) mass is 459 g/mol. The van der Waals surface area contributed by atoms with Gasteiger partial charge in [0, 0.05) is 31.3 Å². The van der Waals surface area contributed by atoms with Crippen LogP contribution in [0, 0.1) is 17.5 Å². The largest absolute Gasteiger partial charge is 0.300 e. The predicted molar refractivity (Wildman–Crippen MR) is 113 cm³/mol. The van der Waals surface area contributed by atoms with Crippen LogP contribution < -0.4 is 0 Å². The minimum Gasteiger partial charge on any atom is -0.300 e. The van der Waals surface area contributed by atoms with Gasteiger partial charge in [0.15, 0.2) is 0 Å². The third-order valence-corrected chi connectivity index (χ3v) is 7.62. The molecule has 166 valence electrons. The van der Waals surface area contributed by atoms with Crippen LogP contribution in [0.25, 0.3) is 0 Å². The van der Waals surface area contributed by atoms with E-state index in [2.05, 4.69) is 0 Å². The van der Waals surface area contributed by atoms with Gasteiger partial charge in [-0.1, -0.05) is 24.3 Å². The molecule has 32 heavy (non-hydrogen) atoms. The Bertz CT molecular complexity index is 1170. The summed E-state index contributed by atoms with van der Waals surface area (Å²) in [5, 5.41) is 0. The molecule has 0 N–H and O–H groups in total. The molecule has 1 saturated heterocycles. The van der Waals surface area contributed by atoms with Crippen molar-refractivity contribution in [1.82, 2.24) is 4.31 Å². The molecule has 1 aliphatic heterocycles. The van der Waals surface area contributed by atoms with Crippen molar-refractivity contribution in [1.29, 1.82) is 0 Å². The lowest BCUT2D eigenvalue weighted by molar-refractivity contribution is -0.122. The number of Topliss-reactive ketones (excluding diaryl/α,β-unsaturated/α-hetero) is 1. The van der Waals surface area contributed by atoms with Crippen molar-refractivity contribution in [2.24, 2.45) is 0 Å². The van der Waals surface area contributed by atoms with E-state index < -0.39 is 39.4 Å². The number of nitrogens with zero attached hydrogens (tertiary/aromatic N) is 1. The van der Waals surface area contributed by atoms with Gasteiger partial charge in [0.05, 0.1) is 4.90 Å². The van der Waals surface area contributed by atoms with E-state index in [-0.39, 0.29) is 30.1 Å². The second-order valence-electron chi connectivity index (χ2n) is 7.71. The van der Waals surface area contributed by atoms with Crippen LogP contribution >= 0.6 is 0 Å². The van der Waals surface area contributed by atoms with Crippen LogP contribution in [0.4, 0.5) is 13.2 Å².